The summed E-state index contributed by atoms with van der Waals surface area (Å²) < 4.78 is 0. The van der Waals surface area contributed by atoms with Gasteiger partial charge in [-0.05, 0) is 13.0 Å². The van der Waals surface area contributed by atoms with E-state index in [4.69, 9.17) is 0 Å². The van der Waals surface area contributed by atoms with Crippen molar-refractivity contribution in [3.05, 3.63) is 54.1 Å². The van der Waals surface area contributed by atoms with Gasteiger partial charge in [-0.1, -0.05) is 48.0 Å². The molecule has 0 saturated carbocycles. The second-order valence-corrected chi connectivity index (χ2v) is 4.99. The molecule has 4 nitrogen and oxygen atoms in total. The number of nitrogens with one attached hydrogen (secondary N) is 1. The third kappa shape index (κ3) is 2.60. The zero-order valence-electron chi connectivity index (χ0n) is 11.9. The number of fused-ring (bicyclic) bond motifs is 1. The molecule has 0 aliphatic heterocycles. The molecule has 1 N–H and O–H groups in total. The Morgan fingerprint density at radius 2 is 1.71 bits per heavy atom. The Bertz CT molecular complexity index is 810. The van der Waals surface area contributed by atoms with Crippen LogP contribution < -0.4 is 5.32 Å². The number of nitrogens with zero attached hydrogens (tertiary/aromatic N) is 2. The minimum atomic E-state index is -0.124. The number of benzene rings is 2. The average Bonchev–Trinajstić information content (AvgIpc) is 2.48. The molecule has 1 aromatic heterocycles. The van der Waals surface area contributed by atoms with Gasteiger partial charge in [-0.15, -0.1) is 10.2 Å². The topological polar surface area (TPSA) is 54.9 Å². The van der Waals surface area contributed by atoms with Crippen molar-refractivity contribution in [1.29, 1.82) is 0 Å². The smallest absolute Gasteiger partial charge is 0.221 e. The number of hydrogen-bond donors (Lipinski definition) is 1. The monoisotopic (exact) mass is 277 g/mol. The molecule has 1 amide bonds. The Balaban J connectivity index is 2.26. The summed E-state index contributed by atoms with van der Waals surface area (Å²) in [5.41, 5.74) is 4.26. The summed E-state index contributed by atoms with van der Waals surface area (Å²) in [5, 5.41) is 12.3. The van der Waals surface area contributed by atoms with Crippen LogP contribution in [0.4, 0.5) is 5.69 Å². The molecule has 4 heteroatoms. The van der Waals surface area contributed by atoms with Crippen LogP contribution in [0, 0.1) is 6.92 Å². The number of carbonyl (C=O) groups excluding carboxylic acids is 1. The van der Waals surface area contributed by atoms with Gasteiger partial charge in [0.25, 0.3) is 0 Å². The van der Waals surface area contributed by atoms with E-state index in [9.17, 15) is 4.79 Å². The molecule has 0 bridgehead atoms. The predicted octanol–water partition coefficient (Wildman–Crippen LogP) is 3.56. The highest BCUT2D eigenvalue weighted by atomic mass is 16.1. The van der Waals surface area contributed by atoms with Gasteiger partial charge in [0, 0.05) is 17.9 Å². The largest absolute Gasteiger partial charge is 0.324 e. The van der Waals surface area contributed by atoms with Crippen LogP contribution in [0.3, 0.4) is 0 Å². The van der Waals surface area contributed by atoms with Gasteiger partial charge in [0.05, 0.1) is 11.2 Å². The summed E-state index contributed by atoms with van der Waals surface area (Å²) in [4.78, 5) is 11.5. The van der Waals surface area contributed by atoms with Crippen LogP contribution in [-0.4, -0.2) is 16.1 Å². The number of hydrogen-bond acceptors (Lipinski definition) is 3. The van der Waals surface area contributed by atoms with Gasteiger partial charge in [0.2, 0.25) is 5.91 Å². The van der Waals surface area contributed by atoms with Crippen LogP contribution >= 0.6 is 0 Å². The maximum Gasteiger partial charge on any atom is 0.221 e. The molecule has 1 heterocycles. The summed E-state index contributed by atoms with van der Waals surface area (Å²) in [6.07, 6.45) is 0. The molecule has 0 aliphatic carbocycles. The van der Waals surface area contributed by atoms with E-state index in [1.54, 1.807) is 0 Å². The van der Waals surface area contributed by atoms with E-state index in [0.29, 0.717) is 11.4 Å². The molecule has 0 radical (unpaired) electrons. The molecule has 21 heavy (non-hydrogen) atoms. The third-order valence-corrected chi connectivity index (χ3v) is 3.29. The fourth-order valence-corrected chi connectivity index (χ4v) is 2.27. The predicted molar refractivity (Wildman–Crippen MR) is 84.0 cm³/mol. The summed E-state index contributed by atoms with van der Waals surface area (Å²) in [7, 11) is 0. The van der Waals surface area contributed by atoms with Gasteiger partial charge in [0.1, 0.15) is 5.69 Å². The Kier molecular flexibility index (Phi) is 3.36. The van der Waals surface area contributed by atoms with Crippen molar-refractivity contribution in [2.75, 3.05) is 5.32 Å². The second kappa shape index (κ2) is 5.32. The zero-order chi connectivity index (χ0) is 14.8. The molecular weight excluding hydrogens is 262 g/mol. The molecule has 0 atom stereocenters. The average molecular weight is 277 g/mol. The molecule has 3 aromatic rings. The summed E-state index contributed by atoms with van der Waals surface area (Å²) in [5.74, 6) is -0.124. The van der Waals surface area contributed by atoms with Crippen molar-refractivity contribution < 1.29 is 4.79 Å². The van der Waals surface area contributed by atoms with Crippen LogP contribution in [0.25, 0.3) is 22.2 Å². The van der Waals surface area contributed by atoms with Crippen molar-refractivity contribution in [3.8, 4) is 11.3 Å². The van der Waals surface area contributed by atoms with E-state index < -0.39 is 0 Å². The van der Waals surface area contributed by atoms with E-state index in [0.717, 1.165) is 16.5 Å². The Hall–Kier alpha value is -2.75. The Labute approximate surface area is 122 Å². The number of carbonyl (C=O) groups is 1. The van der Waals surface area contributed by atoms with Crippen molar-refractivity contribution >= 4 is 22.5 Å². The van der Waals surface area contributed by atoms with Crippen LogP contribution in [0.2, 0.25) is 0 Å². The summed E-state index contributed by atoms with van der Waals surface area (Å²) >= 11 is 0. The third-order valence-electron chi connectivity index (χ3n) is 3.29. The van der Waals surface area contributed by atoms with E-state index in [1.807, 2.05) is 55.5 Å². The molecule has 2 aromatic carbocycles. The fraction of sp³-hybridized carbons (Fsp3) is 0.118. The lowest BCUT2D eigenvalue weighted by Gasteiger charge is -2.11. The van der Waals surface area contributed by atoms with Crippen LogP contribution in [0.1, 0.15) is 12.5 Å². The SMILES string of the molecule is CC(=O)Nc1c(-c2ccc(C)cc2)nnc2ccccc12. The van der Waals surface area contributed by atoms with E-state index in [2.05, 4.69) is 15.5 Å². The van der Waals surface area contributed by atoms with E-state index in [1.165, 1.54) is 12.5 Å². The van der Waals surface area contributed by atoms with E-state index >= 15 is 0 Å². The van der Waals surface area contributed by atoms with Gasteiger partial charge in [0.15, 0.2) is 0 Å². The normalized spacial score (nSPS) is 10.6. The standard InChI is InChI=1S/C17H15N3O/c1-11-7-9-13(10-8-11)16-17(18-12(2)21)14-5-3-4-6-15(14)19-20-16/h3-10H,1-2H3,(H,18,19,21). The first-order valence-electron chi connectivity index (χ1n) is 6.75. The van der Waals surface area contributed by atoms with Crippen LogP contribution in [0.5, 0.6) is 0 Å². The highest BCUT2D eigenvalue weighted by molar-refractivity contribution is 6.04. The first-order valence-corrected chi connectivity index (χ1v) is 6.75. The second-order valence-electron chi connectivity index (χ2n) is 4.99. The van der Waals surface area contributed by atoms with Crippen LogP contribution in [0.15, 0.2) is 48.5 Å². The zero-order valence-corrected chi connectivity index (χ0v) is 11.9. The lowest BCUT2D eigenvalue weighted by atomic mass is 10.1. The van der Waals surface area contributed by atoms with Gasteiger partial charge in [-0.3, -0.25) is 4.79 Å². The lowest BCUT2D eigenvalue weighted by molar-refractivity contribution is -0.114. The van der Waals surface area contributed by atoms with Crippen LogP contribution in [-0.2, 0) is 4.79 Å². The maximum atomic E-state index is 11.5. The van der Waals surface area contributed by atoms with Gasteiger partial charge < -0.3 is 5.32 Å². The lowest BCUT2D eigenvalue weighted by Crippen LogP contribution is -2.09. The molecule has 0 unspecified atom stereocenters. The van der Waals surface area contributed by atoms with Crippen molar-refractivity contribution in [3.63, 3.8) is 0 Å². The van der Waals surface area contributed by atoms with Gasteiger partial charge in [-0.2, -0.15) is 0 Å². The Morgan fingerprint density at radius 1 is 1.00 bits per heavy atom. The molecule has 3 rings (SSSR count). The van der Waals surface area contributed by atoms with Gasteiger partial charge in [-0.25, -0.2) is 0 Å². The van der Waals surface area contributed by atoms with E-state index in [-0.39, 0.29) is 5.91 Å². The molecule has 0 spiro atoms. The highest BCUT2D eigenvalue weighted by Crippen LogP contribution is 2.31. The summed E-state index contributed by atoms with van der Waals surface area (Å²) in [6, 6.07) is 15.7. The maximum absolute atomic E-state index is 11.5. The highest BCUT2D eigenvalue weighted by Gasteiger charge is 2.13. The molecule has 0 saturated heterocycles. The minimum absolute atomic E-state index is 0.124. The number of anilines is 1. The number of rotatable bonds is 2. The number of amides is 1. The van der Waals surface area contributed by atoms with Crippen molar-refractivity contribution in [1.82, 2.24) is 10.2 Å². The van der Waals surface area contributed by atoms with Gasteiger partial charge >= 0.3 is 0 Å². The number of aryl methyl sites for hydroxylation is 1. The molecular formula is C17H15N3O. The number of aromatic nitrogens is 2. The quantitative estimate of drug-likeness (QED) is 0.779. The first kappa shape index (κ1) is 13.2. The molecule has 0 aliphatic rings. The fourth-order valence-electron chi connectivity index (χ4n) is 2.27. The minimum Gasteiger partial charge on any atom is -0.324 e. The summed E-state index contributed by atoms with van der Waals surface area (Å²) in [6.45, 7) is 3.53. The first-order chi connectivity index (χ1) is 10.1. The van der Waals surface area contributed by atoms with Crippen molar-refractivity contribution in [2.45, 2.75) is 13.8 Å². The molecule has 0 fully saturated rings. The van der Waals surface area contributed by atoms with Crippen molar-refractivity contribution in [2.24, 2.45) is 0 Å². The Morgan fingerprint density at radius 3 is 2.43 bits per heavy atom. The molecule has 104 valence electrons.